The maximum atomic E-state index is 10.8. The molecule has 2 heterocycles. The van der Waals surface area contributed by atoms with Gasteiger partial charge < -0.3 is 9.67 Å². The monoisotopic (exact) mass is 210 g/mol. The van der Waals surface area contributed by atoms with Crippen molar-refractivity contribution in [3.8, 4) is 0 Å². The summed E-state index contributed by atoms with van der Waals surface area (Å²) in [4.78, 5) is 14.8. The third kappa shape index (κ3) is 1.24. The average Bonchev–Trinajstić information content (AvgIpc) is 2.43. The van der Waals surface area contributed by atoms with Crippen molar-refractivity contribution in [3.05, 3.63) is 29.0 Å². The van der Waals surface area contributed by atoms with Crippen LogP contribution in [0.25, 0.3) is 11.0 Å². The molecule has 5 heteroatoms. The number of aromatic carboxylic acids is 1. The SMILES string of the molecule is Cn1c(C(=O)O)cc2nc(Cl)ccc21. The Kier molecular flexibility index (Phi) is 1.93. The van der Waals surface area contributed by atoms with Gasteiger partial charge in [0.15, 0.2) is 0 Å². The predicted octanol–water partition coefficient (Wildman–Crippen LogP) is 1.92. The van der Waals surface area contributed by atoms with E-state index >= 15 is 0 Å². The number of carbonyl (C=O) groups is 1. The first-order valence-corrected chi connectivity index (χ1v) is 4.32. The lowest BCUT2D eigenvalue weighted by Gasteiger charge is -1.97. The van der Waals surface area contributed by atoms with Gasteiger partial charge in [0.25, 0.3) is 0 Å². The molecule has 2 aromatic heterocycles. The Morgan fingerprint density at radius 3 is 2.93 bits per heavy atom. The number of carboxylic acid groups (broad SMARTS) is 1. The molecule has 0 fully saturated rings. The zero-order valence-electron chi connectivity index (χ0n) is 7.36. The summed E-state index contributed by atoms with van der Waals surface area (Å²) in [5, 5.41) is 9.22. The standard InChI is InChI=1S/C9H7ClN2O2/c1-12-6-2-3-8(10)11-5(6)4-7(12)9(13)14/h2-4H,1H3,(H,13,14). The number of rotatable bonds is 1. The highest BCUT2D eigenvalue weighted by atomic mass is 35.5. The molecule has 0 amide bonds. The van der Waals surface area contributed by atoms with Gasteiger partial charge in [-0.1, -0.05) is 11.6 Å². The number of carboxylic acids is 1. The molecule has 0 radical (unpaired) electrons. The van der Waals surface area contributed by atoms with E-state index in [9.17, 15) is 4.79 Å². The molecule has 4 nitrogen and oxygen atoms in total. The summed E-state index contributed by atoms with van der Waals surface area (Å²) >= 11 is 5.69. The van der Waals surface area contributed by atoms with Crippen molar-refractivity contribution >= 4 is 28.6 Å². The summed E-state index contributed by atoms with van der Waals surface area (Å²) in [5.74, 6) is -0.971. The van der Waals surface area contributed by atoms with E-state index in [0.29, 0.717) is 10.7 Å². The summed E-state index contributed by atoms with van der Waals surface area (Å²) in [6.45, 7) is 0. The molecule has 0 aliphatic rings. The summed E-state index contributed by atoms with van der Waals surface area (Å²) < 4.78 is 1.57. The van der Waals surface area contributed by atoms with Crippen LogP contribution < -0.4 is 0 Å². The predicted molar refractivity (Wildman–Crippen MR) is 52.7 cm³/mol. The van der Waals surface area contributed by atoms with Crippen LogP contribution in [0.3, 0.4) is 0 Å². The molecule has 2 rings (SSSR count). The number of nitrogens with zero attached hydrogens (tertiary/aromatic N) is 2. The summed E-state index contributed by atoms with van der Waals surface area (Å²) in [7, 11) is 1.68. The minimum Gasteiger partial charge on any atom is -0.477 e. The normalized spacial score (nSPS) is 10.7. The maximum Gasteiger partial charge on any atom is 0.352 e. The average molecular weight is 211 g/mol. The van der Waals surface area contributed by atoms with Crippen LogP contribution >= 0.6 is 11.6 Å². The van der Waals surface area contributed by atoms with Crippen LogP contribution in [-0.4, -0.2) is 20.6 Å². The topological polar surface area (TPSA) is 55.1 Å². The van der Waals surface area contributed by atoms with Crippen LogP contribution in [0, 0.1) is 0 Å². The first kappa shape index (κ1) is 9.02. The molecule has 2 aromatic rings. The molecule has 72 valence electrons. The molecule has 0 unspecified atom stereocenters. The molecule has 0 aliphatic carbocycles. The fourth-order valence-electron chi connectivity index (χ4n) is 1.39. The second-order valence-electron chi connectivity index (χ2n) is 2.93. The quantitative estimate of drug-likeness (QED) is 0.732. The van der Waals surface area contributed by atoms with Gasteiger partial charge in [0.05, 0.1) is 11.0 Å². The molecule has 0 saturated carbocycles. The largest absolute Gasteiger partial charge is 0.477 e. The van der Waals surface area contributed by atoms with Crippen molar-refractivity contribution < 1.29 is 9.90 Å². The number of pyridine rings is 1. The Labute approximate surface area is 84.7 Å². The van der Waals surface area contributed by atoms with Crippen molar-refractivity contribution in [2.75, 3.05) is 0 Å². The van der Waals surface area contributed by atoms with Gasteiger partial charge in [-0.15, -0.1) is 0 Å². The molecular formula is C9H7ClN2O2. The zero-order chi connectivity index (χ0) is 10.3. The molecule has 0 aromatic carbocycles. The molecule has 14 heavy (non-hydrogen) atoms. The minimum absolute atomic E-state index is 0.203. The zero-order valence-corrected chi connectivity index (χ0v) is 8.12. The van der Waals surface area contributed by atoms with Crippen LogP contribution in [0.2, 0.25) is 5.15 Å². The third-order valence-electron chi connectivity index (χ3n) is 2.08. The lowest BCUT2D eigenvalue weighted by atomic mass is 10.4. The van der Waals surface area contributed by atoms with Gasteiger partial charge in [-0.3, -0.25) is 0 Å². The van der Waals surface area contributed by atoms with E-state index < -0.39 is 5.97 Å². The lowest BCUT2D eigenvalue weighted by Crippen LogP contribution is -2.03. The van der Waals surface area contributed by atoms with Gasteiger partial charge in [0.1, 0.15) is 10.8 Å². The Hall–Kier alpha value is -1.55. The van der Waals surface area contributed by atoms with Gasteiger partial charge >= 0.3 is 5.97 Å². The highest BCUT2D eigenvalue weighted by Gasteiger charge is 2.12. The smallest absolute Gasteiger partial charge is 0.352 e. The fourth-order valence-corrected chi connectivity index (χ4v) is 1.55. The Balaban J connectivity index is 2.79. The molecule has 1 N–H and O–H groups in total. The van der Waals surface area contributed by atoms with E-state index in [1.165, 1.54) is 6.07 Å². The Morgan fingerprint density at radius 1 is 1.57 bits per heavy atom. The van der Waals surface area contributed by atoms with Crippen molar-refractivity contribution in [2.45, 2.75) is 0 Å². The van der Waals surface area contributed by atoms with E-state index in [4.69, 9.17) is 16.7 Å². The number of hydrogen-bond acceptors (Lipinski definition) is 2. The lowest BCUT2D eigenvalue weighted by molar-refractivity contribution is 0.0687. The Bertz CT molecular complexity index is 519. The highest BCUT2D eigenvalue weighted by Crippen LogP contribution is 2.18. The van der Waals surface area contributed by atoms with Crippen LogP contribution in [0.1, 0.15) is 10.5 Å². The number of fused-ring (bicyclic) bond motifs is 1. The van der Waals surface area contributed by atoms with Gasteiger partial charge in [0, 0.05) is 7.05 Å². The summed E-state index contributed by atoms with van der Waals surface area (Å²) in [5.41, 5.74) is 1.55. The first-order valence-electron chi connectivity index (χ1n) is 3.95. The number of hydrogen-bond donors (Lipinski definition) is 1. The van der Waals surface area contributed by atoms with E-state index in [1.807, 2.05) is 0 Å². The van der Waals surface area contributed by atoms with Crippen LogP contribution in [-0.2, 0) is 7.05 Å². The second-order valence-corrected chi connectivity index (χ2v) is 3.32. The van der Waals surface area contributed by atoms with Crippen molar-refractivity contribution in [3.63, 3.8) is 0 Å². The highest BCUT2D eigenvalue weighted by molar-refractivity contribution is 6.29. The third-order valence-corrected chi connectivity index (χ3v) is 2.29. The van der Waals surface area contributed by atoms with Gasteiger partial charge in [0.2, 0.25) is 0 Å². The van der Waals surface area contributed by atoms with Crippen molar-refractivity contribution in [1.29, 1.82) is 0 Å². The first-order chi connectivity index (χ1) is 6.59. The van der Waals surface area contributed by atoms with Gasteiger partial charge in [-0.25, -0.2) is 9.78 Å². The van der Waals surface area contributed by atoms with Gasteiger partial charge in [-0.05, 0) is 18.2 Å². The molecular weight excluding hydrogens is 204 g/mol. The Morgan fingerprint density at radius 2 is 2.29 bits per heavy atom. The van der Waals surface area contributed by atoms with Gasteiger partial charge in [-0.2, -0.15) is 0 Å². The van der Waals surface area contributed by atoms with Crippen molar-refractivity contribution in [1.82, 2.24) is 9.55 Å². The van der Waals surface area contributed by atoms with Crippen molar-refractivity contribution in [2.24, 2.45) is 7.05 Å². The molecule has 0 atom stereocenters. The van der Waals surface area contributed by atoms with E-state index in [2.05, 4.69) is 4.98 Å². The maximum absolute atomic E-state index is 10.8. The summed E-state index contributed by atoms with van der Waals surface area (Å²) in [6, 6.07) is 4.89. The minimum atomic E-state index is -0.971. The molecule has 0 aliphatic heterocycles. The van der Waals surface area contributed by atoms with E-state index in [0.717, 1.165) is 5.52 Å². The number of aryl methyl sites for hydroxylation is 1. The fraction of sp³-hybridized carbons (Fsp3) is 0.111. The van der Waals surface area contributed by atoms with E-state index in [1.54, 1.807) is 23.7 Å². The molecule has 0 spiro atoms. The van der Waals surface area contributed by atoms with E-state index in [-0.39, 0.29) is 5.69 Å². The van der Waals surface area contributed by atoms with Crippen LogP contribution in [0.15, 0.2) is 18.2 Å². The number of aromatic nitrogens is 2. The summed E-state index contributed by atoms with van der Waals surface area (Å²) in [6.07, 6.45) is 0. The van der Waals surface area contributed by atoms with Crippen LogP contribution in [0.4, 0.5) is 0 Å². The molecule has 0 saturated heterocycles. The second kappa shape index (κ2) is 2.99. The molecule has 0 bridgehead atoms. The number of halogens is 1. The van der Waals surface area contributed by atoms with Crippen LogP contribution in [0.5, 0.6) is 0 Å².